The highest BCUT2D eigenvalue weighted by molar-refractivity contribution is 6.33. The van der Waals surface area contributed by atoms with Gasteiger partial charge in [-0.3, -0.25) is 4.79 Å². The van der Waals surface area contributed by atoms with E-state index in [9.17, 15) is 4.79 Å². The van der Waals surface area contributed by atoms with Crippen molar-refractivity contribution in [2.45, 2.75) is 26.1 Å². The van der Waals surface area contributed by atoms with Crippen LogP contribution in [0, 0.1) is 0 Å². The van der Waals surface area contributed by atoms with Crippen molar-refractivity contribution in [3.63, 3.8) is 0 Å². The Labute approximate surface area is 105 Å². The van der Waals surface area contributed by atoms with Crippen molar-refractivity contribution >= 4 is 17.3 Å². The van der Waals surface area contributed by atoms with E-state index in [1.165, 1.54) is 4.68 Å². The Morgan fingerprint density at radius 3 is 2.59 bits per heavy atom. The summed E-state index contributed by atoms with van der Waals surface area (Å²) in [7, 11) is 1.59. The lowest BCUT2D eigenvalue weighted by Crippen LogP contribution is -2.46. The van der Waals surface area contributed by atoms with Crippen molar-refractivity contribution in [2.24, 2.45) is 7.05 Å². The van der Waals surface area contributed by atoms with Crippen LogP contribution in [0.3, 0.4) is 0 Å². The molecule has 17 heavy (non-hydrogen) atoms. The first-order valence-electron chi connectivity index (χ1n) is 5.61. The van der Waals surface area contributed by atoms with Gasteiger partial charge in [-0.05, 0) is 13.8 Å². The average molecular weight is 258 g/mol. The third-order valence-corrected chi connectivity index (χ3v) is 3.18. The highest BCUT2D eigenvalue weighted by Gasteiger charge is 2.25. The molecule has 0 N–H and O–H groups in total. The SMILES string of the molecule is C[C@@H]1CN(c2cnn(C)c(=O)c2Cl)C[C@H](C)O1. The number of hydrogen-bond donors (Lipinski definition) is 0. The third-order valence-electron chi connectivity index (χ3n) is 2.82. The van der Waals surface area contributed by atoms with Gasteiger partial charge < -0.3 is 9.64 Å². The molecule has 1 aliphatic heterocycles. The quantitative estimate of drug-likeness (QED) is 0.755. The van der Waals surface area contributed by atoms with E-state index >= 15 is 0 Å². The lowest BCUT2D eigenvalue weighted by atomic mass is 10.2. The van der Waals surface area contributed by atoms with Crippen molar-refractivity contribution in [3.8, 4) is 0 Å². The minimum Gasteiger partial charge on any atom is -0.372 e. The zero-order valence-corrected chi connectivity index (χ0v) is 10.9. The van der Waals surface area contributed by atoms with Gasteiger partial charge in [-0.2, -0.15) is 5.10 Å². The van der Waals surface area contributed by atoms with Gasteiger partial charge >= 0.3 is 0 Å². The Morgan fingerprint density at radius 2 is 2.00 bits per heavy atom. The van der Waals surface area contributed by atoms with Gasteiger partial charge in [0.05, 0.1) is 24.1 Å². The molecular weight excluding hydrogens is 242 g/mol. The van der Waals surface area contributed by atoms with Crippen LogP contribution >= 0.6 is 11.6 Å². The smallest absolute Gasteiger partial charge is 0.287 e. The molecule has 0 aromatic carbocycles. The van der Waals surface area contributed by atoms with Gasteiger partial charge in [0.1, 0.15) is 5.02 Å². The van der Waals surface area contributed by atoms with Crippen molar-refractivity contribution in [2.75, 3.05) is 18.0 Å². The van der Waals surface area contributed by atoms with Gasteiger partial charge in [-0.1, -0.05) is 11.6 Å². The lowest BCUT2D eigenvalue weighted by Gasteiger charge is -2.36. The molecule has 1 saturated heterocycles. The fourth-order valence-electron chi connectivity index (χ4n) is 2.10. The summed E-state index contributed by atoms with van der Waals surface area (Å²) < 4.78 is 6.88. The molecule has 0 saturated carbocycles. The molecule has 5 nitrogen and oxygen atoms in total. The van der Waals surface area contributed by atoms with Crippen LogP contribution in [-0.2, 0) is 11.8 Å². The number of aryl methyl sites for hydroxylation is 1. The molecule has 94 valence electrons. The van der Waals surface area contributed by atoms with Gasteiger partial charge in [0.15, 0.2) is 0 Å². The highest BCUT2D eigenvalue weighted by atomic mass is 35.5. The number of rotatable bonds is 1. The summed E-state index contributed by atoms with van der Waals surface area (Å²) in [4.78, 5) is 13.8. The van der Waals surface area contributed by atoms with Gasteiger partial charge in [-0.15, -0.1) is 0 Å². The molecule has 2 rings (SSSR count). The minimum absolute atomic E-state index is 0.124. The molecule has 0 radical (unpaired) electrons. The average Bonchev–Trinajstić information content (AvgIpc) is 2.24. The maximum atomic E-state index is 11.7. The topological polar surface area (TPSA) is 47.4 Å². The van der Waals surface area contributed by atoms with Crippen molar-refractivity contribution in [1.82, 2.24) is 9.78 Å². The summed E-state index contributed by atoms with van der Waals surface area (Å²) in [6.45, 7) is 5.45. The molecule has 0 bridgehead atoms. The highest BCUT2D eigenvalue weighted by Crippen LogP contribution is 2.24. The predicted molar refractivity (Wildman–Crippen MR) is 66.7 cm³/mol. The Bertz CT molecular complexity index is 464. The van der Waals surface area contributed by atoms with E-state index in [-0.39, 0.29) is 22.8 Å². The number of morpholine rings is 1. The van der Waals surface area contributed by atoms with E-state index < -0.39 is 0 Å². The van der Waals surface area contributed by atoms with Gasteiger partial charge in [0.2, 0.25) is 0 Å². The molecule has 0 aliphatic carbocycles. The van der Waals surface area contributed by atoms with E-state index in [1.54, 1.807) is 13.2 Å². The fourth-order valence-corrected chi connectivity index (χ4v) is 2.39. The Balaban J connectivity index is 2.34. The largest absolute Gasteiger partial charge is 0.372 e. The molecule has 2 atom stereocenters. The maximum Gasteiger partial charge on any atom is 0.287 e. The molecular formula is C11H16ClN3O2. The van der Waals surface area contributed by atoms with Crippen LogP contribution in [0.4, 0.5) is 5.69 Å². The second-order valence-electron chi connectivity index (χ2n) is 4.43. The van der Waals surface area contributed by atoms with Crippen LogP contribution in [-0.4, -0.2) is 35.1 Å². The van der Waals surface area contributed by atoms with Crippen molar-refractivity contribution < 1.29 is 4.74 Å². The molecule has 6 heteroatoms. The normalized spacial score (nSPS) is 25.1. The van der Waals surface area contributed by atoms with Crippen molar-refractivity contribution in [1.29, 1.82) is 0 Å². The zero-order valence-electron chi connectivity index (χ0n) is 10.2. The number of aromatic nitrogens is 2. The number of hydrogen-bond acceptors (Lipinski definition) is 4. The molecule has 0 amide bonds. The van der Waals surface area contributed by atoms with Crippen LogP contribution in [0.1, 0.15) is 13.8 Å². The monoisotopic (exact) mass is 257 g/mol. The van der Waals surface area contributed by atoms with Gasteiger partial charge in [0.25, 0.3) is 5.56 Å². The summed E-state index contributed by atoms with van der Waals surface area (Å²) in [5, 5.41) is 4.23. The van der Waals surface area contributed by atoms with E-state index in [0.29, 0.717) is 5.69 Å². The molecule has 0 spiro atoms. The summed E-state index contributed by atoms with van der Waals surface area (Å²) in [5.74, 6) is 0. The molecule has 0 unspecified atom stereocenters. The van der Waals surface area contributed by atoms with Gasteiger partial charge in [0, 0.05) is 20.1 Å². The first kappa shape index (κ1) is 12.4. The van der Waals surface area contributed by atoms with Crippen LogP contribution in [0.2, 0.25) is 5.02 Å². The Morgan fingerprint density at radius 1 is 1.41 bits per heavy atom. The molecule has 1 aromatic rings. The standard InChI is InChI=1S/C11H16ClN3O2/c1-7-5-15(6-8(2)17-7)9-4-13-14(3)11(16)10(9)12/h4,7-8H,5-6H2,1-3H3/t7-,8+. The molecule has 1 fully saturated rings. The van der Waals surface area contributed by atoms with Crippen molar-refractivity contribution in [3.05, 3.63) is 21.6 Å². The number of ether oxygens (including phenoxy) is 1. The molecule has 1 aromatic heterocycles. The Kier molecular flexibility index (Phi) is 3.40. The first-order chi connectivity index (χ1) is 7.99. The van der Waals surface area contributed by atoms with Crippen LogP contribution < -0.4 is 10.5 Å². The summed E-state index contributed by atoms with van der Waals surface area (Å²) in [5.41, 5.74) is 0.424. The van der Waals surface area contributed by atoms with Crippen LogP contribution in [0.25, 0.3) is 0 Å². The molecule has 1 aliphatic rings. The van der Waals surface area contributed by atoms with Crippen LogP contribution in [0.5, 0.6) is 0 Å². The predicted octanol–water partition coefficient (Wildman–Crippen LogP) is 1.05. The second-order valence-corrected chi connectivity index (χ2v) is 4.81. The van der Waals surface area contributed by atoms with E-state index in [1.807, 2.05) is 13.8 Å². The van der Waals surface area contributed by atoms with E-state index in [2.05, 4.69) is 10.00 Å². The molecule has 2 heterocycles. The summed E-state index contributed by atoms with van der Waals surface area (Å²) in [6.07, 6.45) is 1.88. The first-order valence-corrected chi connectivity index (χ1v) is 5.99. The lowest BCUT2D eigenvalue weighted by molar-refractivity contribution is -0.00524. The number of halogens is 1. The Hall–Kier alpha value is -1.07. The fraction of sp³-hybridized carbons (Fsp3) is 0.636. The minimum atomic E-state index is -0.268. The van der Waals surface area contributed by atoms with E-state index in [4.69, 9.17) is 16.3 Å². The zero-order chi connectivity index (χ0) is 12.6. The maximum absolute atomic E-state index is 11.7. The van der Waals surface area contributed by atoms with Gasteiger partial charge in [-0.25, -0.2) is 4.68 Å². The van der Waals surface area contributed by atoms with E-state index in [0.717, 1.165) is 13.1 Å². The number of nitrogens with zero attached hydrogens (tertiary/aromatic N) is 3. The third kappa shape index (κ3) is 2.45. The second kappa shape index (κ2) is 4.66. The number of anilines is 1. The van der Waals surface area contributed by atoms with Crippen LogP contribution in [0.15, 0.2) is 11.0 Å². The summed E-state index contributed by atoms with van der Waals surface area (Å²) >= 11 is 6.07. The summed E-state index contributed by atoms with van der Waals surface area (Å²) in [6, 6.07) is 0.